The van der Waals surface area contributed by atoms with E-state index in [1.807, 2.05) is 6.92 Å². The maximum atomic E-state index is 11.3. The summed E-state index contributed by atoms with van der Waals surface area (Å²) >= 11 is 0. The second-order valence-electron chi connectivity index (χ2n) is 5.71. The van der Waals surface area contributed by atoms with Crippen LogP contribution in [0.5, 0.6) is 0 Å². The lowest BCUT2D eigenvalue weighted by Crippen LogP contribution is -2.22. The molecule has 0 aromatic carbocycles. The molecule has 0 rings (SSSR count). The van der Waals surface area contributed by atoms with Crippen molar-refractivity contribution in [2.45, 2.75) is 95.8 Å². The summed E-state index contributed by atoms with van der Waals surface area (Å²) in [5.41, 5.74) is 0. The van der Waals surface area contributed by atoms with E-state index in [1.54, 1.807) is 0 Å². The highest BCUT2D eigenvalue weighted by Crippen LogP contribution is 2.19. The van der Waals surface area contributed by atoms with Crippen molar-refractivity contribution in [2.75, 3.05) is 0 Å². The molecule has 0 radical (unpaired) electrons. The second kappa shape index (κ2) is 11.5. The van der Waals surface area contributed by atoms with Crippen molar-refractivity contribution < 1.29 is 18.1 Å². The van der Waals surface area contributed by atoms with E-state index in [9.17, 15) is 18.1 Å². The maximum Gasteiger partial charge on any atom is 0.267 e. The fourth-order valence-electron chi connectivity index (χ4n) is 2.45. The van der Waals surface area contributed by atoms with Crippen LogP contribution < -0.4 is 0 Å². The SMILES string of the molecule is CCCCCCCCC(CCC(O)CCC)S(=O)(=O)O. The molecule has 2 atom stereocenters. The Kier molecular flexibility index (Phi) is 11.4. The van der Waals surface area contributed by atoms with Gasteiger partial charge in [-0.15, -0.1) is 0 Å². The minimum atomic E-state index is -3.98. The first-order valence-corrected chi connectivity index (χ1v) is 9.56. The van der Waals surface area contributed by atoms with Crippen molar-refractivity contribution in [2.24, 2.45) is 0 Å². The van der Waals surface area contributed by atoms with Gasteiger partial charge in [0.25, 0.3) is 10.1 Å². The van der Waals surface area contributed by atoms with Gasteiger partial charge in [0.2, 0.25) is 0 Å². The topological polar surface area (TPSA) is 74.6 Å². The van der Waals surface area contributed by atoms with E-state index in [2.05, 4.69) is 6.92 Å². The summed E-state index contributed by atoms with van der Waals surface area (Å²) in [5, 5.41) is 8.95. The van der Waals surface area contributed by atoms with Crippen LogP contribution in [0.3, 0.4) is 0 Å². The molecule has 0 aromatic heterocycles. The summed E-state index contributed by atoms with van der Waals surface area (Å²) in [6.45, 7) is 4.15. The Morgan fingerprint density at radius 2 is 1.40 bits per heavy atom. The van der Waals surface area contributed by atoms with Gasteiger partial charge in [-0.2, -0.15) is 8.42 Å². The Morgan fingerprint density at radius 3 is 1.95 bits per heavy atom. The molecular formula is C15H32O4S. The Labute approximate surface area is 124 Å². The zero-order valence-electron chi connectivity index (χ0n) is 13.1. The molecule has 2 unspecified atom stereocenters. The molecule has 2 N–H and O–H groups in total. The second-order valence-corrected chi connectivity index (χ2v) is 7.41. The van der Waals surface area contributed by atoms with E-state index in [0.29, 0.717) is 25.7 Å². The fraction of sp³-hybridized carbons (Fsp3) is 1.00. The minimum absolute atomic E-state index is 0.356. The normalized spacial score (nSPS) is 15.2. The van der Waals surface area contributed by atoms with Gasteiger partial charge in [0.05, 0.1) is 11.4 Å². The summed E-state index contributed by atoms with van der Waals surface area (Å²) < 4.78 is 31.9. The van der Waals surface area contributed by atoms with Gasteiger partial charge in [0.1, 0.15) is 0 Å². The number of unbranched alkanes of at least 4 members (excludes halogenated alkanes) is 5. The number of rotatable bonds is 13. The highest BCUT2D eigenvalue weighted by Gasteiger charge is 2.23. The zero-order chi connectivity index (χ0) is 15.4. The molecule has 5 heteroatoms. The molecule has 20 heavy (non-hydrogen) atoms. The van der Waals surface area contributed by atoms with E-state index >= 15 is 0 Å². The molecule has 0 aromatic rings. The molecule has 0 aliphatic carbocycles. The molecule has 122 valence electrons. The van der Waals surface area contributed by atoms with Crippen molar-refractivity contribution >= 4 is 10.1 Å². The van der Waals surface area contributed by atoms with Crippen LogP contribution in [0, 0.1) is 0 Å². The Hall–Kier alpha value is -0.130. The fourth-order valence-corrected chi connectivity index (χ4v) is 3.35. The largest absolute Gasteiger partial charge is 0.393 e. The third-order valence-corrected chi connectivity index (χ3v) is 5.06. The van der Waals surface area contributed by atoms with Gasteiger partial charge in [0.15, 0.2) is 0 Å². The van der Waals surface area contributed by atoms with E-state index in [0.717, 1.165) is 25.7 Å². The quantitative estimate of drug-likeness (QED) is 0.399. The van der Waals surface area contributed by atoms with Crippen molar-refractivity contribution in [1.29, 1.82) is 0 Å². The number of aliphatic hydroxyl groups is 1. The van der Waals surface area contributed by atoms with Crippen molar-refractivity contribution in [3.05, 3.63) is 0 Å². The van der Waals surface area contributed by atoms with Crippen LogP contribution in [0.25, 0.3) is 0 Å². The Morgan fingerprint density at radius 1 is 0.800 bits per heavy atom. The highest BCUT2D eigenvalue weighted by molar-refractivity contribution is 7.86. The summed E-state index contributed by atoms with van der Waals surface area (Å²) in [7, 11) is -3.98. The van der Waals surface area contributed by atoms with Crippen LogP contribution in [0.4, 0.5) is 0 Å². The molecule has 0 bridgehead atoms. The zero-order valence-corrected chi connectivity index (χ0v) is 13.9. The number of hydrogen-bond acceptors (Lipinski definition) is 3. The van der Waals surface area contributed by atoms with Crippen LogP contribution in [0.15, 0.2) is 0 Å². The monoisotopic (exact) mass is 308 g/mol. The molecule has 0 fully saturated rings. The Balaban J connectivity index is 3.99. The van der Waals surface area contributed by atoms with Crippen LogP contribution in [-0.4, -0.2) is 29.4 Å². The third kappa shape index (κ3) is 10.6. The smallest absolute Gasteiger partial charge is 0.267 e. The first-order valence-electron chi connectivity index (χ1n) is 8.06. The summed E-state index contributed by atoms with van der Waals surface area (Å²) in [5.74, 6) is 0. The third-order valence-electron chi connectivity index (χ3n) is 3.74. The van der Waals surface area contributed by atoms with Crippen LogP contribution in [-0.2, 0) is 10.1 Å². The van der Waals surface area contributed by atoms with E-state index in [-0.39, 0.29) is 0 Å². The Bertz CT molecular complexity index is 314. The molecule has 0 heterocycles. The average Bonchev–Trinajstić information content (AvgIpc) is 2.35. The molecule has 0 aliphatic rings. The molecular weight excluding hydrogens is 276 g/mol. The van der Waals surface area contributed by atoms with Gasteiger partial charge >= 0.3 is 0 Å². The first kappa shape index (κ1) is 19.9. The van der Waals surface area contributed by atoms with E-state index in [1.165, 1.54) is 19.3 Å². The van der Waals surface area contributed by atoms with Gasteiger partial charge in [-0.25, -0.2) is 0 Å². The van der Waals surface area contributed by atoms with Gasteiger partial charge in [0, 0.05) is 0 Å². The lowest BCUT2D eigenvalue weighted by molar-refractivity contribution is 0.150. The van der Waals surface area contributed by atoms with Crippen molar-refractivity contribution in [3.8, 4) is 0 Å². The predicted octanol–water partition coefficient (Wildman–Crippen LogP) is 3.93. The molecule has 0 aliphatic heterocycles. The number of hydrogen-bond donors (Lipinski definition) is 2. The van der Waals surface area contributed by atoms with E-state index in [4.69, 9.17) is 0 Å². The minimum Gasteiger partial charge on any atom is -0.393 e. The van der Waals surface area contributed by atoms with Gasteiger partial charge in [-0.05, 0) is 25.7 Å². The van der Waals surface area contributed by atoms with Crippen molar-refractivity contribution in [1.82, 2.24) is 0 Å². The van der Waals surface area contributed by atoms with Crippen molar-refractivity contribution in [3.63, 3.8) is 0 Å². The van der Waals surface area contributed by atoms with Gasteiger partial charge < -0.3 is 5.11 Å². The average molecular weight is 308 g/mol. The standard InChI is InChI=1S/C15H32O4S/c1-3-5-6-7-8-9-11-15(20(17,18)19)13-12-14(16)10-4-2/h14-16H,3-13H2,1-2H3,(H,17,18,19). The van der Waals surface area contributed by atoms with Crippen LogP contribution >= 0.6 is 0 Å². The summed E-state index contributed by atoms with van der Waals surface area (Å²) in [6.07, 6.45) is 9.04. The van der Waals surface area contributed by atoms with Gasteiger partial charge in [-0.1, -0.05) is 58.8 Å². The highest BCUT2D eigenvalue weighted by atomic mass is 32.2. The summed E-state index contributed by atoms with van der Waals surface area (Å²) in [6, 6.07) is 0. The summed E-state index contributed by atoms with van der Waals surface area (Å²) in [4.78, 5) is 0. The molecule has 0 amide bonds. The van der Waals surface area contributed by atoms with E-state index < -0.39 is 21.5 Å². The lowest BCUT2D eigenvalue weighted by Gasteiger charge is -2.16. The molecule has 0 spiro atoms. The molecule has 0 saturated carbocycles. The first-order chi connectivity index (χ1) is 9.41. The molecule has 4 nitrogen and oxygen atoms in total. The molecule has 0 saturated heterocycles. The lowest BCUT2D eigenvalue weighted by atomic mass is 10.0. The van der Waals surface area contributed by atoms with Crippen LogP contribution in [0.2, 0.25) is 0 Å². The van der Waals surface area contributed by atoms with Gasteiger partial charge in [-0.3, -0.25) is 4.55 Å². The maximum absolute atomic E-state index is 11.3. The number of aliphatic hydroxyl groups excluding tert-OH is 1. The predicted molar refractivity (Wildman–Crippen MR) is 83.5 cm³/mol. The van der Waals surface area contributed by atoms with Crippen LogP contribution in [0.1, 0.15) is 84.5 Å².